The molecule has 0 amide bonds. The van der Waals surface area contributed by atoms with Crippen molar-refractivity contribution >= 4 is 16.7 Å². The summed E-state index contributed by atoms with van der Waals surface area (Å²) < 4.78 is 5.11. The fourth-order valence-electron chi connectivity index (χ4n) is 2.57. The third-order valence-corrected chi connectivity index (χ3v) is 3.57. The van der Waals surface area contributed by atoms with E-state index in [0.717, 1.165) is 19.3 Å². The molecule has 1 aliphatic heterocycles. The summed E-state index contributed by atoms with van der Waals surface area (Å²) in [5, 5.41) is 2.48. The van der Waals surface area contributed by atoms with Crippen LogP contribution < -0.4 is 0 Å². The normalized spacial score (nSPS) is 19.8. The van der Waals surface area contributed by atoms with Crippen molar-refractivity contribution < 1.29 is 9.53 Å². The molecule has 1 fully saturated rings. The van der Waals surface area contributed by atoms with E-state index < -0.39 is 0 Å². The molecule has 0 N–H and O–H groups in total. The highest BCUT2D eigenvalue weighted by Crippen LogP contribution is 2.22. The molecular weight excluding hydrogens is 224 g/mol. The lowest BCUT2D eigenvalue weighted by Gasteiger charge is -2.20. The van der Waals surface area contributed by atoms with Crippen molar-refractivity contribution in [2.45, 2.75) is 19.3 Å². The van der Waals surface area contributed by atoms with Crippen LogP contribution in [0.5, 0.6) is 0 Å². The largest absolute Gasteiger partial charge is 0.465 e. The van der Waals surface area contributed by atoms with Gasteiger partial charge in [-0.1, -0.05) is 42.5 Å². The summed E-state index contributed by atoms with van der Waals surface area (Å²) >= 11 is 0. The van der Waals surface area contributed by atoms with Crippen LogP contribution in [0, 0.1) is 5.92 Å². The number of cyclic esters (lactones) is 1. The van der Waals surface area contributed by atoms with Gasteiger partial charge >= 0.3 is 5.97 Å². The minimum absolute atomic E-state index is 0.0330. The Morgan fingerprint density at radius 3 is 2.78 bits per heavy atom. The highest BCUT2D eigenvalue weighted by molar-refractivity contribution is 5.83. The molecular formula is C16H16O2. The molecule has 2 heteroatoms. The van der Waals surface area contributed by atoms with Gasteiger partial charge in [-0.25, -0.2) is 0 Å². The number of carbonyl (C=O) groups excluding carboxylic acids is 1. The molecule has 0 aromatic heterocycles. The Kier molecular flexibility index (Phi) is 3.01. The zero-order chi connectivity index (χ0) is 12.4. The van der Waals surface area contributed by atoms with Crippen molar-refractivity contribution in [3.8, 4) is 0 Å². The van der Waals surface area contributed by atoms with E-state index in [1.807, 2.05) is 12.1 Å². The summed E-state index contributed by atoms with van der Waals surface area (Å²) in [6.45, 7) is 0.590. The van der Waals surface area contributed by atoms with E-state index in [-0.39, 0.29) is 11.9 Å². The number of hydrogen-bond acceptors (Lipinski definition) is 2. The van der Waals surface area contributed by atoms with E-state index in [4.69, 9.17) is 4.74 Å². The third kappa shape index (κ3) is 2.23. The second kappa shape index (κ2) is 4.81. The van der Waals surface area contributed by atoms with E-state index in [9.17, 15) is 4.79 Å². The van der Waals surface area contributed by atoms with Crippen LogP contribution in [0.3, 0.4) is 0 Å². The standard InChI is InChI=1S/C16H16O2/c17-16-15(6-3-9-18-16)11-12-7-8-13-4-1-2-5-14(13)10-12/h1-2,4-5,7-8,10,15H,3,6,9,11H2. The SMILES string of the molecule is O=C1OCCCC1Cc1ccc2ccccc2c1. The van der Waals surface area contributed by atoms with E-state index >= 15 is 0 Å². The molecule has 2 aromatic rings. The molecule has 1 heterocycles. The molecule has 1 atom stereocenters. The van der Waals surface area contributed by atoms with Crippen LogP contribution in [0.25, 0.3) is 10.8 Å². The van der Waals surface area contributed by atoms with Crippen molar-refractivity contribution in [2.75, 3.05) is 6.61 Å². The van der Waals surface area contributed by atoms with Crippen LogP contribution in [0.4, 0.5) is 0 Å². The fraction of sp³-hybridized carbons (Fsp3) is 0.312. The first-order valence-electron chi connectivity index (χ1n) is 6.47. The number of benzene rings is 2. The summed E-state index contributed by atoms with van der Waals surface area (Å²) in [5.74, 6) is 0.00863. The van der Waals surface area contributed by atoms with E-state index in [1.54, 1.807) is 0 Å². The van der Waals surface area contributed by atoms with Crippen LogP contribution in [-0.4, -0.2) is 12.6 Å². The second-order valence-electron chi connectivity index (χ2n) is 4.89. The number of hydrogen-bond donors (Lipinski definition) is 0. The number of carbonyl (C=O) groups is 1. The van der Waals surface area contributed by atoms with E-state index in [0.29, 0.717) is 6.61 Å². The summed E-state index contributed by atoms with van der Waals surface area (Å²) in [7, 11) is 0. The molecule has 3 rings (SSSR count). The van der Waals surface area contributed by atoms with Gasteiger partial charge in [0.25, 0.3) is 0 Å². The van der Waals surface area contributed by atoms with E-state index in [1.165, 1.54) is 16.3 Å². The van der Waals surface area contributed by atoms with Gasteiger partial charge in [-0.15, -0.1) is 0 Å². The Hall–Kier alpha value is -1.83. The Morgan fingerprint density at radius 2 is 1.94 bits per heavy atom. The Balaban J connectivity index is 1.83. The highest BCUT2D eigenvalue weighted by atomic mass is 16.5. The molecule has 2 aromatic carbocycles. The number of ether oxygens (including phenoxy) is 1. The van der Waals surface area contributed by atoms with Gasteiger partial charge in [0.15, 0.2) is 0 Å². The van der Waals surface area contributed by atoms with Crippen LogP contribution in [0.2, 0.25) is 0 Å². The van der Waals surface area contributed by atoms with E-state index in [2.05, 4.69) is 30.3 Å². The maximum atomic E-state index is 11.6. The number of esters is 1. The van der Waals surface area contributed by atoms with Gasteiger partial charge in [0, 0.05) is 0 Å². The van der Waals surface area contributed by atoms with Gasteiger partial charge in [-0.3, -0.25) is 4.79 Å². The zero-order valence-corrected chi connectivity index (χ0v) is 10.3. The van der Waals surface area contributed by atoms with Gasteiger partial charge in [-0.05, 0) is 35.6 Å². The first kappa shape index (κ1) is 11.3. The molecule has 1 saturated heterocycles. The van der Waals surface area contributed by atoms with Gasteiger partial charge in [0.2, 0.25) is 0 Å². The van der Waals surface area contributed by atoms with Gasteiger partial charge < -0.3 is 4.74 Å². The molecule has 1 unspecified atom stereocenters. The Labute approximate surface area is 107 Å². The molecule has 0 spiro atoms. The summed E-state index contributed by atoms with van der Waals surface area (Å²) in [5.41, 5.74) is 1.22. The van der Waals surface area contributed by atoms with Crippen molar-refractivity contribution in [3.05, 3.63) is 48.0 Å². The molecule has 2 nitrogen and oxygen atoms in total. The van der Waals surface area contributed by atoms with Gasteiger partial charge in [-0.2, -0.15) is 0 Å². The molecule has 92 valence electrons. The van der Waals surface area contributed by atoms with Gasteiger partial charge in [0.05, 0.1) is 12.5 Å². The molecule has 0 saturated carbocycles. The molecule has 1 aliphatic rings. The van der Waals surface area contributed by atoms with Crippen molar-refractivity contribution in [1.29, 1.82) is 0 Å². The van der Waals surface area contributed by atoms with Crippen LogP contribution in [-0.2, 0) is 16.0 Å². The lowest BCUT2D eigenvalue weighted by Crippen LogP contribution is -2.25. The first-order chi connectivity index (χ1) is 8.83. The predicted molar refractivity (Wildman–Crippen MR) is 71.3 cm³/mol. The smallest absolute Gasteiger partial charge is 0.309 e. The lowest BCUT2D eigenvalue weighted by atomic mass is 9.92. The van der Waals surface area contributed by atoms with Crippen LogP contribution in [0.1, 0.15) is 18.4 Å². The second-order valence-corrected chi connectivity index (χ2v) is 4.89. The Morgan fingerprint density at radius 1 is 1.11 bits per heavy atom. The minimum Gasteiger partial charge on any atom is -0.465 e. The number of rotatable bonds is 2. The molecule has 18 heavy (non-hydrogen) atoms. The number of fused-ring (bicyclic) bond motifs is 1. The topological polar surface area (TPSA) is 26.3 Å². The maximum absolute atomic E-state index is 11.6. The quantitative estimate of drug-likeness (QED) is 0.752. The Bertz CT molecular complexity index is 574. The van der Waals surface area contributed by atoms with Crippen LogP contribution in [0.15, 0.2) is 42.5 Å². The zero-order valence-electron chi connectivity index (χ0n) is 10.3. The van der Waals surface area contributed by atoms with Crippen molar-refractivity contribution in [2.24, 2.45) is 5.92 Å². The molecule has 0 aliphatic carbocycles. The summed E-state index contributed by atoms with van der Waals surface area (Å²) in [6, 6.07) is 14.7. The summed E-state index contributed by atoms with van der Waals surface area (Å²) in [6.07, 6.45) is 2.74. The average molecular weight is 240 g/mol. The van der Waals surface area contributed by atoms with Crippen molar-refractivity contribution in [1.82, 2.24) is 0 Å². The lowest BCUT2D eigenvalue weighted by molar-refractivity contribution is -0.152. The minimum atomic E-state index is -0.0330. The summed E-state index contributed by atoms with van der Waals surface area (Å²) in [4.78, 5) is 11.6. The maximum Gasteiger partial charge on any atom is 0.309 e. The third-order valence-electron chi connectivity index (χ3n) is 3.57. The fourth-order valence-corrected chi connectivity index (χ4v) is 2.57. The predicted octanol–water partition coefficient (Wildman–Crippen LogP) is 3.34. The molecule has 0 radical (unpaired) electrons. The van der Waals surface area contributed by atoms with Crippen molar-refractivity contribution in [3.63, 3.8) is 0 Å². The molecule has 0 bridgehead atoms. The monoisotopic (exact) mass is 240 g/mol. The first-order valence-corrected chi connectivity index (χ1v) is 6.47. The average Bonchev–Trinajstić information content (AvgIpc) is 2.41. The van der Waals surface area contributed by atoms with Crippen LogP contribution >= 0.6 is 0 Å². The van der Waals surface area contributed by atoms with Gasteiger partial charge in [0.1, 0.15) is 0 Å². The highest BCUT2D eigenvalue weighted by Gasteiger charge is 2.24.